The number of nitro groups is 1. The maximum atomic E-state index is 13.3. The van der Waals surface area contributed by atoms with Gasteiger partial charge in [-0.1, -0.05) is 0 Å². The summed E-state index contributed by atoms with van der Waals surface area (Å²) in [6, 6.07) is 0.770. The number of rotatable bonds is 2. The second kappa shape index (κ2) is 3.40. The van der Waals surface area contributed by atoms with E-state index < -0.39 is 16.4 Å². The Bertz CT molecular complexity index is 498. The monoisotopic (exact) mass is 209 g/mol. The summed E-state index contributed by atoms with van der Waals surface area (Å²) in [6.45, 7) is 0. The van der Waals surface area contributed by atoms with Gasteiger partial charge in [0.2, 0.25) is 5.82 Å². The molecule has 2 rings (SSSR count). The van der Waals surface area contributed by atoms with Crippen molar-refractivity contribution in [1.29, 1.82) is 0 Å². The molecule has 2 aromatic heterocycles. The van der Waals surface area contributed by atoms with Crippen LogP contribution in [-0.2, 0) is 0 Å². The predicted octanol–water partition coefficient (Wildman–Crippen LogP) is 0.710. The van der Waals surface area contributed by atoms with E-state index in [-0.39, 0.29) is 5.82 Å². The minimum Gasteiger partial charge on any atom is -0.258 e. The smallest absolute Gasteiger partial charge is 0.258 e. The van der Waals surface area contributed by atoms with Gasteiger partial charge in [0.15, 0.2) is 5.82 Å². The first-order valence-electron chi connectivity index (χ1n) is 3.85. The summed E-state index contributed by atoms with van der Waals surface area (Å²) in [6.07, 6.45) is 3.65. The van der Waals surface area contributed by atoms with Gasteiger partial charge in [-0.25, -0.2) is 9.37 Å². The summed E-state index contributed by atoms with van der Waals surface area (Å²) in [5, 5.41) is 17.6. The van der Waals surface area contributed by atoms with Crippen molar-refractivity contribution in [3.8, 4) is 5.82 Å². The zero-order chi connectivity index (χ0) is 10.8. The molecule has 0 N–H and O–H groups in total. The highest BCUT2D eigenvalue weighted by atomic mass is 19.1. The molecular weight excluding hydrogens is 205 g/mol. The van der Waals surface area contributed by atoms with E-state index in [1.165, 1.54) is 12.4 Å². The first-order valence-corrected chi connectivity index (χ1v) is 3.85. The van der Waals surface area contributed by atoms with Gasteiger partial charge in [-0.05, 0) is 0 Å². The Labute approximate surface area is 82.3 Å². The van der Waals surface area contributed by atoms with E-state index in [0.29, 0.717) is 0 Å². The Morgan fingerprint density at radius 2 is 2.07 bits per heavy atom. The van der Waals surface area contributed by atoms with Crippen LogP contribution in [0, 0.1) is 15.9 Å². The van der Waals surface area contributed by atoms with Crippen LogP contribution in [-0.4, -0.2) is 24.9 Å². The maximum absolute atomic E-state index is 13.3. The maximum Gasteiger partial charge on any atom is 0.290 e. The van der Waals surface area contributed by atoms with E-state index in [1.54, 1.807) is 0 Å². The molecule has 0 aliphatic heterocycles. The molecule has 0 saturated heterocycles. The van der Waals surface area contributed by atoms with Crippen LogP contribution in [0.3, 0.4) is 0 Å². The summed E-state index contributed by atoms with van der Waals surface area (Å²) < 4.78 is 13.3. The molecule has 0 radical (unpaired) electrons. The van der Waals surface area contributed by atoms with Gasteiger partial charge in [-0.3, -0.25) is 10.1 Å². The Kier molecular flexibility index (Phi) is 2.08. The molecule has 2 aromatic rings. The van der Waals surface area contributed by atoms with E-state index in [2.05, 4.69) is 15.2 Å². The fraction of sp³-hybridized carbons (Fsp3) is 0. The minimum absolute atomic E-state index is 0.175. The summed E-state index contributed by atoms with van der Waals surface area (Å²) >= 11 is 0. The third-order valence-electron chi connectivity index (χ3n) is 1.63. The lowest BCUT2D eigenvalue weighted by Crippen LogP contribution is -2.05. The fourth-order valence-corrected chi connectivity index (χ4v) is 0.993. The molecule has 0 fully saturated rings. The van der Waals surface area contributed by atoms with E-state index in [4.69, 9.17) is 0 Å². The van der Waals surface area contributed by atoms with Crippen molar-refractivity contribution in [1.82, 2.24) is 20.0 Å². The molecule has 0 aromatic carbocycles. The second-order valence-electron chi connectivity index (χ2n) is 2.57. The van der Waals surface area contributed by atoms with Crippen molar-refractivity contribution in [2.75, 3.05) is 0 Å². The van der Waals surface area contributed by atoms with E-state index in [1.807, 2.05) is 0 Å². The Morgan fingerprint density at radius 1 is 1.40 bits per heavy atom. The Balaban J connectivity index is 2.48. The molecular formula is C7H4FN5O2. The average molecular weight is 209 g/mol. The van der Waals surface area contributed by atoms with E-state index in [0.717, 1.165) is 17.1 Å². The van der Waals surface area contributed by atoms with E-state index in [9.17, 15) is 14.5 Å². The quantitative estimate of drug-likeness (QED) is 0.536. The molecule has 0 aliphatic rings. The average Bonchev–Trinajstić information content (AvgIpc) is 2.70. The van der Waals surface area contributed by atoms with Gasteiger partial charge in [0, 0.05) is 0 Å². The van der Waals surface area contributed by atoms with Gasteiger partial charge >= 0.3 is 0 Å². The van der Waals surface area contributed by atoms with Crippen LogP contribution in [0.1, 0.15) is 0 Å². The second-order valence-corrected chi connectivity index (χ2v) is 2.57. The largest absolute Gasteiger partial charge is 0.290 e. The van der Waals surface area contributed by atoms with Crippen molar-refractivity contribution in [3.63, 3.8) is 0 Å². The molecule has 0 amide bonds. The molecule has 7 nitrogen and oxygen atoms in total. The standard InChI is InChI=1S/C7H4FN5O2/c8-6-3-5(13(14)15)4-9-7(6)12-10-1-2-11-12/h1-4H. The van der Waals surface area contributed by atoms with Gasteiger partial charge in [-0.2, -0.15) is 10.2 Å². The van der Waals surface area contributed by atoms with Crippen molar-refractivity contribution < 1.29 is 9.31 Å². The lowest BCUT2D eigenvalue weighted by molar-refractivity contribution is -0.385. The molecule has 0 aliphatic carbocycles. The molecule has 8 heteroatoms. The van der Waals surface area contributed by atoms with Crippen molar-refractivity contribution >= 4 is 5.69 Å². The predicted molar refractivity (Wildman–Crippen MR) is 45.8 cm³/mol. The summed E-state index contributed by atoms with van der Waals surface area (Å²) in [5.41, 5.74) is -0.414. The van der Waals surface area contributed by atoms with Crippen LogP contribution in [0.5, 0.6) is 0 Å². The number of hydrogen-bond donors (Lipinski definition) is 0. The number of pyridine rings is 1. The fourth-order valence-electron chi connectivity index (χ4n) is 0.993. The van der Waals surface area contributed by atoms with Gasteiger partial charge in [-0.15, -0.1) is 4.80 Å². The van der Waals surface area contributed by atoms with Gasteiger partial charge in [0.25, 0.3) is 5.69 Å². The first-order chi connectivity index (χ1) is 7.18. The molecule has 76 valence electrons. The molecule has 0 unspecified atom stereocenters. The number of halogens is 1. The third-order valence-corrected chi connectivity index (χ3v) is 1.63. The SMILES string of the molecule is O=[N+]([O-])c1cnc(-n2nccn2)c(F)c1. The zero-order valence-electron chi connectivity index (χ0n) is 7.24. The number of hydrogen-bond acceptors (Lipinski definition) is 5. The molecule has 2 heterocycles. The van der Waals surface area contributed by atoms with Crippen molar-refractivity contribution in [2.45, 2.75) is 0 Å². The Hall–Kier alpha value is -2.38. The lowest BCUT2D eigenvalue weighted by atomic mass is 10.4. The van der Waals surface area contributed by atoms with Crippen LogP contribution in [0.2, 0.25) is 0 Å². The van der Waals surface area contributed by atoms with Gasteiger partial charge in [0.1, 0.15) is 6.20 Å². The first kappa shape index (κ1) is 9.19. The van der Waals surface area contributed by atoms with Gasteiger partial charge < -0.3 is 0 Å². The molecule has 0 atom stereocenters. The normalized spacial score (nSPS) is 10.2. The summed E-state index contributed by atoms with van der Waals surface area (Å²) in [7, 11) is 0. The summed E-state index contributed by atoms with van der Waals surface area (Å²) in [5.74, 6) is -1.02. The van der Waals surface area contributed by atoms with Crippen LogP contribution >= 0.6 is 0 Å². The topological polar surface area (TPSA) is 86.7 Å². The molecule has 0 saturated carbocycles. The molecule has 0 spiro atoms. The highest BCUT2D eigenvalue weighted by molar-refractivity contribution is 5.33. The summed E-state index contributed by atoms with van der Waals surface area (Å²) in [4.78, 5) is 14.1. The van der Waals surface area contributed by atoms with Crippen LogP contribution in [0.4, 0.5) is 10.1 Å². The third kappa shape index (κ3) is 1.64. The molecule has 15 heavy (non-hydrogen) atoms. The Morgan fingerprint density at radius 3 is 2.60 bits per heavy atom. The number of aromatic nitrogens is 4. The number of nitrogens with zero attached hydrogens (tertiary/aromatic N) is 5. The van der Waals surface area contributed by atoms with Crippen LogP contribution < -0.4 is 0 Å². The highest BCUT2D eigenvalue weighted by Crippen LogP contribution is 2.15. The highest BCUT2D eigenvalue weighted by Gasteiger charge is 2.13. The van der Waals surface area contributed by atoms with Crippen molar-refractivity contribution in [2.24, 2.45) is 0 Å². The van der Waals surface area contributed by atoms with Crippen LogP contribution in [0.25, 0.3) is 5.82 Å². The van der Waals surface area contributed by atoms with E-state index >= 15 is 0 Å². The van der Waals surface area contributed by atoms with Crippen LogP contribution in [0.15, 0.2) is 24.7 Å². The molecule has 0 bridgehead atoms. The van der Waals surface area contributed by atoms with Gasteiger partial charge in [0.05, 0.1) is 23.4 Å². The lowest BCUT2D eigenvalue weighted by Gasteiger charge is -1.99. The minimum atomic E-state index is -0.847. The zero-order valence-corrected chi connectivity index (χ0v) is 7.24. The van der Waals surface area contributed by atoms with Crippen molar-refractivity contribution in [3.05, 3.63) is 40.6 Å².